The highest BCUT2D eigenvalue weighted by Crippen LogP contribution is 2.09. The van der Waals surface area contributed by atoms with Gasteiger partial charge in [0.25, 0.3) is 0 Å². The van der Waals surface area contributed by atoms with E-state index in [-0.39, 0.29) is 5.69 Å². The van der Waals surface area contributed by atoms with Gasteiger partial charge in [0.05, 0.1) is 12.4 Å². The van der Waals surface area contributed by atoms with Crippen LogP contribution >= 0.6 is 0 Å². The molecule has 6 nitrogen and oxygen atoms in total. The second-order valence-electron chi connectivity index (χ2n) is 3.53. The second kappa shape index (κ2) is 4.73. The Morgan fingerprint density at radius 2 is 2.29 bits per heavy atom. The monoisotopic (exact) mass is 232 g/mol. The van der Waals surface area contributed by atoms with Gasteiger partial charge < -0.3 is 5.11 Å². The summed E-state index contributed by atoms with van der Waals surface area (Å²) in [5.74, 6) is 0.242. The summed E-state index contributed by atoms with van der Waals surface area (Å²) >= 11 is 0. The Balaban J connectivity index is 2.42. The van der Waals surface area contributed by atoms with Gasteiger partial charge in [-0.1, -0.05) is 6.92 Å². The summed E-state index contributed by atoms with van der Waals surface area (Å²) in [5.41, 5.74) is -0.0707. The van der Waals surface area contributed by atoms with E-state index in [1.54, 1.807) is 17.0 Å². The van der Waals surface area contributed by atoms with E-state index in [0.717, 1.165) is 18.7 Å². The van der Waals surface area contributed by atoms with Gasteiger partial charge in [-0.2, -0.15) is 0 Å². The van der Waals surface area contributed by atoms with Gasteiger partial charge in [0.1, 0.15) is 5.82 Å². The van der Waals surface area contributed by atoms with E-state index >= 15 is 0 Å². The van der Waals surface area contributed by atoms with E-state index in [1.165, 1.54) is 12.4 Å². The molecule has 2 aromatic rings. The summed E-state index contributed by atoms with van der Waals surface area (Å²) in [6, 6.07) is 0. The van der Waals surface area contributed by atoms with Crippen LogP contribution < -0.4 is 0 Å². The van der Waals surface area contributed by atoms with Gasteiger partial charge in [0.2, 0.25) is 0 Å². The number of carbonyl (C=O) groups is 1. The number of nitrogens with zero attached hydrogens (tertiary/aromatic N) is 4. The van der Waals surface area contributed by atoms with Crippen molar-refractivity contribution in [3.05, 3.63) is 36.3 Å². The summed E-state index contributed by atoms with van der Waals surface area (Å²) in [6.07, 6.45) is 7.94. The molecule has 0 saturated heterocycles. The van der Waals surface area contributed by atoms with Gasteiger partial charge in [-0.3, -0.25) is 9.55 Å². The van der Waals surface area contributed by atoms with Crippen LogP contribution in [0, 0.1) is 0 Å². The van der Waals surface area contributed by atoms with Crippen LogP contribution in [-0.2, 0) is 6.42 Å². The van der Waals surface area contributed by atoms with Gasteiger partial charge in [-0.15, -0.1) is 0 Å². The highest BCUT2D eigenvalue weighted by atomic mass is 16.4. The molecule has 0 saturated carbocycles. The lowest BCUT2D eigenvalue weighted by molar-refractivity contribution is 0.0690. The molecule has 2 rings (SSSR count). The van der Waals surface area contributed by atoms with Gasteiger partial charge >= 0.3 is 5.97 Å². The first-order chi connectivity index (χ1) is 8.22. The average Bonchev–Trinajstić information content (AvgIpc) is 2.78. The van der Waals surface area contributed by atoms with E-state index < -0.39 is 5.97 Å². The Morgan fingerprint density at radius 1 is 1.47 bits per heavy atom. The van der Waals surface area contributed by atoms with E-state index in [9.17, 15) is 4.79 Å². The minimum absolute atomic E-state index is 0.0707. The molecule has 1 N–H and O–H groups in total. The van der Waals surface area contributed by atoms with Crippen LogP contribution in [-0.4, -0.2) is 30.6 Å². The molecule has 0 radical (unpaired) electrons. The number of aromatic carboxylic acids is 1. The van der Waals surface area contributed by atoms with Crippen LogP contribution in [0.5, 0.6) is 0 Å². The molecule has 0 aliphatic rings. The average molecular weight is 232 g/mol. The molecule has 0 aliphatic heterocycles. The van der Waals surface area contributed by atoms with Crippen LogP contribution in [0.2, 0.25) is 0 Å². The topological polar surface area (TPSA) is 80.9 Å². The molecule has 0 spiro atoms. The molecule has 17 heavy (non-hydrogen) atoms. The molecule has 0 unspecified atom stereocenters. The standard InChI is InChI=1S/C11H12N4O2/c1-2-3-9-13-4-5-15(9)10-7-12-6-8(14-10)11(16)17/h4-7H,2-3H2,1H3,(H,16,17). The number of carboxylic acids is 1. The summed E-state index contributed by atoms with van der Waals surface area (Å²) in [5, 5.41) is 8.85. The fraction of sp³-hybridized carbons (Fsp3) is 0.273. The zero-order chi connectivity index (χ0) is 12.3. The third-order valence-corrected chi connectivity index (χ3v) is 2.28. The quantitative estimate of drug-likeness (QED) is 0.859. The highest BCUT2D eigenvalue weighted by Gasteiger charge is 2.09. The SMILES string of the molecule is CCCc1nccn1-c1cncc(C(=O)O)n1. The molecule has 0 atom stereocenters. The molecule has 0 aliphatic carbocycles. The molecular weight excluding hydrogens is 220 g/mol. The normalized spacial score (nSPS) is 10.4. The Morgan fingerprint density at radius 3 is 3.00 bits per heavy atom. The van der Waals surface area contributed by atoms with Crippen molar-refractivity contribution in [3.63, 3.8) is 0 Å². The Bertz CT molecular complexity index is 536. The molecule has 0 aromatic carbocycles. The lowest BCUT2D eigenvalue weighted by atomic mass is 10.3. The zero-order valence-corrected chi connectivity index (χ0v) is 9.37. The number of rotatable bonds is 4. The molecule has 0 fully saturated rings. The maximum Gasteiger partial charge on any atom is 0.356 e. The van der Waals surface area contributed by atoms with Gasteiger partial charge in [-0.05, 0) is 6.42 Å². The van der Waals surface area contributed by atoms with Crippen molar-refractivity contribution in [2.24, 2.45) is 0 Å². The Hall–Kier alpha value is -2.24. The van der Waals surface area contributed by atoms with Crippen molar-refractivity contribution in [2.45, 2.75) is 19.8 Å². The van der Waals surface area contributed by atoms with Crippen LogP contribution in [0.1, 0.15) is 29.7 Å². The maximum absolute atomic E-state index is 10.8. The lowest BCUT2D eigenvalue weighted by Gasteiger charge is -2.05. The minimum Gasteiger partial charge on any atom is -0.476 e. The zero-order valence-electron chi connectivity index (χ0n) is 9.37. The first-order valence-corrected chi connectivity index (χ1v) is 5.30. The summed E-state index contributed by atoms with van der Waals surface area (Å²) in [7, 11) is 0. The van der Waals surface area contributed by atoms with Crippen LogP contribution in [0.15, 0.2) is 24.8 Å². The van der Waals surface area contributed by atoms with Crippen molar-refractivity contribution in [1.82, 2.24) is 19.5 Å². The van der Waals surface area contributed by atoms with E-state index in [0.29, 0.717) is 5.82 Å². The lowest BCUT2D eigenvalue weighted by Crippen LogP contribution is -2.08. The Labute approximate surface area is 98.0 Å². The molecule has 0 amide bonds. The maximum atomic E-state index is 10.8. The third-order valence-electron chi connectivity index (χ3n) is 2.28. The van der Waals surface area contributed by atoms with Gasteiger partial charge in [0.15, 0.2) is 11.5 Å². The van der Waals surface area contributed by atoms with E-state index in [1.807, 2.05) is 0 Å². The smallest absolute Gasteiger partial charge is 0.356 e. The van der Waals surface area contributed by atoms with Crippen molar-refractivity contribution >= 4 is 5.97 Å². The van der Waals surface area contributed by atoms with Crippen molar-refractivity contribution in [2.75, 3.05) is 0 Å². The van der Waals surface area contributed by atoms with Crippen molar-refractivity contribution < 1.29 is 9.90 Å². The number of hydrogen-bond donors (Lipinski definition) is 1. The van der Waals surface area contributed by atoms with Crippen LogP contribution in [0.4, 0.5) is 0 Å². The number of hydrogen-bond acceptors (Lipinski definition) is 4. The fourth-order valence-corrected chi connectivity index (χ4v) is 1.53. The summed E-state index contributed by atoms with van der Waals surface area (Å²) in [6.45, 7) is 2.05. The van der Waals surface area contributed by atoms with E-state index in [4.69, 9.17) is 5.11 Å². The van der Waals surface area contributed by atoms with Gasteiger partial charge in [0, 0.05) is 18.8 Å². The molecule has 88 valence electrons. The van der Waals surface area contributed by atoms with E-state index in [2.05, 4.69) is 21.9 Å². The molecular formula is C11H12N4O2. The third kappa shape index (κ3) is 2.30. The first-order valence-electron chi connectivity index (χ1n) is 5.30. The van der Waals surface area contributed by atoms with Crippen molar-refractivity contribution in [3.8, 4) is 5.82 Å². The second-order valence-corrected chi connectivity index (χ2v) is 3.53. The largest absolute Gasteiger partial charge is 0.476 e. The number of aryl methyl sites for hydroxylation is 1. The molecule has 6 heteroatoms. The number of carboxylic acid groups (broad SMARTS) is 1. The molecule has 2 heterocycles. The first kappa shape index (κ1) is 11.3. The number of imidazole rings is 1. The summed E-state index contributed by atoms with van der Waals surface area (Å²) in [4.78, 5) is 22.9. The fourth-order valence-electron chi connectivity index (χ4n) is 1.53. The summed E-state index contributed by atoms with van der Waals surface area (Å²) < 4.78 is 1.75. The van der Waals surface area contributed by atoms with Crippen LogP contribution in [0.3, 0.4) is 0 Å². The predicted molar refractivity (Wildman–Crippen MR) is 60.1 cm³/mol. The van der Waals surface area contributed by atoms with Crippen LogP contribution in [0.25, 0.3) is 5.82 Å². The van der Waals surface area contributed by atoms with Crippen molar-refractivity contribution in [1.29, 1.82) is 0 Å². The minimum atomic E-state index is -1.09. The number of aromatic nitrogens is 4. The molecule has 2 aromatic heterocycles. The highest BCUT2D eigenvalue weighted by molar-refractivity contribution is 5.85. The Kier molecular flexibility index (Phi) is 3.13. The van der Waals surface area contributed by atoms with Gasteiger partial charge in [-0.25, -0.2) is 14.8 Å². The molecule has 0 bridgehead atoms. The predicted octanol–water partition coefficient (Wildman–Crippen LogP) is 1.31.